The number of para-hydroxylation sites is 2. The van der Waals surface area contributed by atoms with Crippen molar-refractivity contribution in [3.8, 4) is 16.8 Å². The molecule has 0 N–H and O–H groups in total. The Kier molecular flexibility index (Phi) is 3.95. The Hall–Kier alpha value is -5.42. The summed E-state index contributed by atoms with van der Waals surface area (Å²) in [6.45, 7) is 4.73. The van der Waals surface area contributed by atoms with E-state index < -0.39 is 0 Å². The molecule has 0 saturated heterocycles. The summed E-state index contributed by atoms with van der Waals surface area (Å²) in [4.78, 5) is 5.19. The van der Waals surface area contributed by atoms with Crippen LogP contribution in [0.1, 0.15) is 25.0 Å². The molecule has 0 aliphatic heterocycles. The lowest BCUT2D eigenvalue weighted by Gasteiger charge is -2.24. The average Bonchev–Trinajstić information content (AvgIpc) is 3.73. The Balaban J connectivity index is 1.46. The molecule has 10 rings (SSSR count). The van der Waals surface area contributed by atoms with Gasteiger partial charge in [0.05, 0.1) is 22.9 Å². The summed E-state index contributed by atoms with van der Waals surface area (Å²) in [5.74, 6) is 0. The number of nitrogens with zero attached hydrogens (tertiary/aromatic N) is 4. The van der Waals surface area contributed by atoms with Crippen LogP contribution < -0.4 is 0 Å². The van der Waals surface area contributed by atoms with Crippen molar-refractivity contribution >= 4 is 60.4 Å². The first-order chi connectivity index (χ1) is 20.6. The van der Waals surface area contributed by atoms with Gasteiger partial charge >= 0.3 is 0 Å². The maximum absolute atomic E-state index is 6.29. The highest BCUT2D eigenvalue weighted by atomic mass is 16.3. The van der Waals surface area contributed by atoms with Crippen molar-refractivity contribution in [3.63, 3.8) is 0 Å². The molecule has 5 aromatic carbocycles. The van der Waals surface area contributed by atoms with Crippen LogP contribution in [0.15, 0.2) is 114 Å². The second kappa shape index (κ2) is 7.45. The molecular weight excluding hydrogens is 516 g/mol. The Morgan fingerprint density at radius 2 is 1.43 bits per heavy atom. The third-order valence-electron chi connectivity index (χ3n) is 9.37. The minimum atomic E-state index is -0.205. The summed E-state index contributed by atoms with van der Waals surface area (Å²) in [6.07, 6.45) is 1.86. The fourth-order valence-corrected chi connectivity index (χ4v) is 7.65. The molecule has 0 saturated carbocycles. The number of rotatable bonds is 1. The molecule has 1 aliphatic rings. The van der Waals surface area contributed by atoms with Gasteiger partial charge in [0.1, 0.15) is 11.1 Å². The van der Waals surface area contributed by atoms with Crippen LogP contribution in [0.3, 0.4) is 0 Å². The van der Waals surface area contributed by atoms with Crippen LogP contribution in [-0.4, -0.2) is 19.2 Å². The highest BCUT2D eigenvalue weighted by Crippen LogP contribution is 2.56. The molecule has 5 heteroatoms. The van der Waals surface area contributed by atoms with Crippen molar-refractivity contribution < 1.29 is 4.42 Å². The maximum Gasteiger partial charge on any atom is 0.249 e. The van der Waals surface area contributed by atoms with Gasteiger partial charge in [0.2, 0.25) is 5.71 Å². The van der Waals surface area contributed by atoms with E-state index in [1.54, 1.807) is 0 Å². The predicted octanol–water partition coefficient (Wildman–Crippen LogP) is 9.19. The lowest BCUT2D eigenvalue weighted by Crippen LogP contribution is -2.17. The number of hydrogen-bond donors (Lipinski definition) is 0. The SMILES string of the molecule is CC1(C)c2ccccc2-c2c1c1c(c3ccccc23)c2ccccc2n1-c1ccnn2c1nc1c3ccccc3oc12. The van der Waals surface area contributed by atoms with E-state index in [1.165, 1.54) is 49.3 Å². The minimum absolute atomic E-state index is 0.205. The van der Waals surface area contributed by atoms with E-state index in [4.69, 9.17) is 14.5 Å². The smallest absolute Gasteiger partial charge is 0.249 e. The number of benzene rings is 5. The van der Waals surface area contributed by atoms with Gasteiger partial charge in [0.15, 0.2) is 5.65 Å². The first-order valence-corrected chi connectivity index (χ1v) is 14.4. The number of imidazole rings is 1. The molecule has 0 atom stereocenters. The average molecular weight is 541 g/mol. The molecule has 4 aromatic heterocycles. The molecule has 198 valence electrons. The highest BCUT2D eigenvalue weighted by molar-refractivity contribution is 6.27. The molecule has 0 unspecified atom stereocenters. The van der Waals surface area contributed by atoms with Gasteiger partial charge in [-0.15, -0.1) is 0 Å². The van der Waals surface area contributed by atoms with Crippen molar-refractivity contribution in [3.05, 3.63) is 120 Å². The van der Waals surface area contributed by atoms with E-state index in [1.807, 2.05) is 28.9 Å². The maximum atomic E-state index is 6.29. The molecule has 0 amide bonds. The van der Waals surface area contributed by atoms with Crippen molar-refractivity contribution in [2.24, 2.45) is 0 Å². The quantitative estimate of drug-likeness (QED) is 0.209. The third kappa shape index (κ3) is 2.51. The topological polar surface area (TPSA) is 48.3 Å². The Morgan fingerprint density at radius 3 is 2.31 bits per heavy atom. The van der Waals surface area contributed by atoms with Crippen molar-refractivity contribution in [2.75, 3.05) is 0 Å². The van der Waals surface area contributed by atoms with Crippen LogP contribution in [-0.2, 0) is 5.41 Å². The summed E-state index contributed by atoms with van der Waals surface area (Å²) in [5, 5.41) is 10.8. The van der Waals surface area contributed by atoms with E-state index in [0.29, 0.717) is 5.71 Å². The predicted molar refractivity (Wildman–Crippen MR) is 170 cm³/mol. The number of hydrogen-bond acceptors (Lipinski definition) is 3. The van der Waals surface area contributed by atoms with Gasteiger partial charge < -0.3 is 8.98 Å². The minimum Gasteiger partial charge on any atom is -0.436 e. The van der Waals surface area contributed by atoms with Crippen LogP contribution in [0.5, 0.6) is 0 Å². The largest absolute Gasteiger partial charge is 0.436 e. The summed E-state index contributed by atoms with van der Waals surface area (Å²) in [6, 6.07) is 36.7. The van der Waals surface area contributed by atoms with Gasteiger partial charge in [-0.25, -0.2) is 4.98 Å². The van der Waals surface area contributed by atoms with Gasteiger partial charge in [-0.3, -0.25) is 0 Å². The molecule has 0 radical (unpaired) electrons. The fraction of sp³-hybridized carbons (Fsp3) is 0.0811. The van der Waals surface area contributed by atoms with E-state index in [2.05, 4.69) is 103 Å². The fourth-order valence-electron chi connectivity index (χ4n) is 7.65. The van der Waals surface area contributed by atoms with E-state index >= 15 is 0 Å². The Morgan fingerprint density at radius 1 is 0.714 bits per heavy atom. The normalized spacial score (nSPS) is 14.1. The second-order valence-corrected chi connectivity index (χ2v) is 11.9. The Bertz CT molecular complexity index is 2610. The summed E-state index contributed by atoms with van der Waals surface area (Å²) >= 11 is 0. The summed E-state index contributed by atoms with van der Waals surface area (Å²) in [5.41, 5.74) is 11.6. The van der Waals surface area contributed by atoms with Gasteiger partial charge in [-0.1, -0.05) is 92.7 Å². The van der Waals surface area contributed by atoms with Crippen molar-refractivity contribution in [1.82, 2.24) is 19.2 Å². The van der Waals surface area contributed by atoms with Gasteiger partial charge in [0, 0.05) is 21.6 Å². The third-order valence-corrected chi connectivity index (χ3v) is 9.37. The molecule has 5 nitrogen and oxygen atoms in total. The van der Waals surface area contributed by atoms with Crippen LogP contribution in [0.25, 0.3) is 77.2 Å². The molecular formula is C37H24N4O. The van der Waals surface area contributed by atoms with Crippen LogP contribution in [0.2, 0.25) is 0 Å². The molecule has 0 bridgehead atoms. The molecule has 9 aromatic rings. The molecule has 1 aliphatic carbocycles. The monoisotopic (exact) mass is 540 g/mol. The summed E-state index contributed by atoms with van der Waals surface area (Å²) < 4.78 is 10.6. The van der Waals surface area contributed by atoms with E-state index in [9.17, 15) is 0 Å². The first-order valence-electron chi connectivity index (χ1n) is 14.4. The van der Waals surface area contributed by atoms with Crippen LogP contribution >= 0.6 is 0 Å². The zero-order valence-corrected chi connectivity index (χ0v) is 23.1. The van der Waals surface area contributed by atoms with Gasteiger partial charge in [-0.2, -0.15) is 9.61 Å². The van der Waals surface area contributed by atoms with E-state index in [-0.39, 0.29) is 5.41 Å². The van der Waals surface area contributed by atoms with Gasteiger partial charge in [0.25, 0.3) is 0 Å². The molecule has 4 heterocycles. The second-order valence-electron chi connectivity index (χ2n) is 11.9. The lowest BCUT2D eigenvalue weighted by molar-refractivity contribution is 0.636. The highest BCUT2D eigenvalue weighted by Gasteiger charge is 2.40. The van der Waals surface area contributed by atoms with Crippen molar-refractivity contribution in [1.29, 1.82) is 0 Å². The molecule has 0 spiro atoms. The lowest BCUT2D eigenvalue weighted by atomic mass is 9.80. The van der Waals surface area contributed by atoms with Crippen LogP contribution in [0, 0.1) is 0 Å². The van der Waals surface area contributed by atoms with Crippen molar-refractivity contribution in [2.45, 2.75) is 19.3 Å². The summed E-state index contributed by atoms with van der Waals surface area (Å²) in [7, 11) is 0. The molecule has 0 fully saturated rings. The Labute approximate surface area is 240 Å². The number of aromatic nitrogens is 4. The van der Waals surface area contributed by atoms with Crippen LogP contribution in [0.4, 0.5) is 0 Å². The standard InChI is InChI=1S/C37H24N4O/c1-37(2)26-16-8-5-13-23(26)30-21-11-3-4-12-22(21)31-24-14-6-9-17-27(24)40(34(31)32(30)37)28-19-20-38-41-35(28)39-33-25-15-7-10-18-29(25)42-36(33)41/h3-20H,1-2H3. The zero-order chi connectivity index (χ0) is 27.7. The van der Waals surface area contributed by atoms with E-state index in [0.717, 1.165) is 33.3 Å². The zero-order valence-electron chi connectivity index (χ0n) is 23.1. The van der Waals surface area contributed by atoms with Gasteiger partial charge in [-0.05, 0) is 57.3 Å². The number of fused-ring (bicyclic) bond motifs is 15. The molecule has 42 heavy (non-hydrogen) atoms. The first kappa shape index (κ1) is 22.3. The number of furan rings is 1.